The number of nitrogens with zero attached hydrogens (tertiary/aromatic N) is 3. The van der Waals surface area contributed by atoms with Crippen LogP contribution in [0.3, 0.4) is 0 Å². The summed E-state index contributed by atoms with van der Waals surface area (Å²) >= 11 is 0. The smallest absolute Gasteiger partial charge is 0.350 e. The molecule has 2 heterocycles. The van der Waals surface area contributed by atoms with E-state index >= 15 is 0 Å². The van der Waals surface area contributed by atoms with Crippen molar-refractivity contribution in [3.8, 4) is 0 Å². The van der Waals surface area contributed by atoms with Gasteiger partial charge in [-0.15, -0.1) is 5.10 Å². The number of rotatable bonds is 7. The molecule has 2 aromatic rings. The molecule has 0 aliphatic heterocycles. The lowest BCUT2D eigenvalue weighted by Gasteiger charge is -2.04. The molecule has 0 saturated carbocycles. The number of ether oxygens (including phenoxy) is 1. The first kappa shape index (κ1) is 14.3. The maximum atomic E-state index is 11.9. The lowest BCUT2D eigenvalue weighted by molar-refractivity contribution is -0.142. The molecule has 7 heteroatoms. The summed E-state index contributed by atoms with van der Waals surface area (Å²) in [5, 5.41) is 7.29. The monoisotopic (exact) mass is 278 g/mol. The molecule has 1 N–H and O–H groups in total. The number of nitrogens with one attached hydrogen (secondary N) is 1. The van der Waals surface area contributed by atoms with Crippen molar-refractivity contribution in [2.45, 2.75) is 19.9 Å². The fourth-order valence-electron chi connectivity index (χ4n) is 1.85. The van der Waals surface area contributed by atoms with Gasteiger partial charge in [0.2, 0.25) is 0 Å². The minimum absolute atomic E-state index is 0.159. The molecule has 108 valence electrons. The number of pyridine rings is 1. The normalized spacial score (nSPS) is 10.8. The fourth-order valence-corrected chi connectivity index (χ4v) is 1.85. The minimum atomic E-state index is -0.218. The van der Waals surface area contributed by atoms with Crippen molar-refractivity contribution < 1.29 is 9.53 Å². The van der Waals surface area contributed by atoms with Gasteiger partial charge in [-0.25, -0.2) is 9.48 Å². The average molecular weight is 278 g/mol. The number of carbonyl (C=O) groups excluding carboxylic acids is 1. The number of aromatic nitrogens is 3. The van der Waals surface area contributed by atoms with Gasteiger partial charge in [-0.2, -0.15) is 0 Å². The second-order valence-corrected chi connectivity index (χ2v) is 4.24. The van der Waals surface area contributed by atoms with Crippen molar-refractivity contribution in [1.82, 2.24) is 19.5 Å². The summed E-state index contributed by atoms with van der Waals surface area (Å²) in [7, 11) is 0. The topological polar surface area (TPSA) is 77.6 Å². The van der Waals surface area contributed by atoms with E-state index in [4.69, 9.17) is 4.74 Å². The highest BCUT2D eigenvalue weighted by Crippen LogP contribution is 1.94. The van der Waals surface area contributed by atoms with E-state index in [-0.39, 0.29) is 11.7 Å². The Morgan fingerprint density at radius 3 is 3.00 bits per heavy atom. The van der Waals surface area contributed by atoms with Crippen LogP contribution in [0.5, 0.6) is 0 Å². The molecule has 2 aromatic heterocycles. The van der Waals surface area contributed by atoms with E-state index in [1.807, 2.05) is 6.07 Å². The molecular weight excluding hydrogens is 260 g/mol. The summed E-state index contributed by atoms with van der Waals surface area (Å²) in [6.45, 7) is 3.74. The van der Waals surface area contributed by atoms with E-state index in [0.29, 0.717) is 38.3 Å². The maximum Gasteiger partial charge on any atom is 0.350 e. The second-order valence-electron chi connectivity index (χ2n) is 4.24. The molecule has 0 aliphatic rings. The van der Waals surface area contributed by atoms with Crippen molar-refractivity contribution in [2.75, 3.05) is 19.7 Å². The van der Waals surface area contributed by atoms with E-state index < -0.39 is 0 Å². The minimum Gasteiger partial charge on any atom is -0.466 e. The van der Waals surface area contributed by atoms with Crippen molar-refractivity contribution in [3.63, 3.8) is 0 Å². The average Bonchev–Trinajstić information content (AvgIpc) is 2.76. The van der Waals surface area contributed by atoms with Crippen LogP contribution in [-0.2, 0) is 16.1 Å². The summed E-state index contributed by atoms with van der Waals surface area (Å²) in [5.74, 6) is -0.218. The third-order valence-corrected chi connectivity index (χ3v) is 2.80. The summed E-state index contributed by atoms with van der Waals surface area (Å²) < 4.78 is 7.72. The highest BCUT2D eigenvalue weighted by molar-refractivity contribution is 5.69. The van der Waals surface area contributed by atoms with Gasteiger partial charge < -0.3 is 10.1 Å². The van der Waals surface area contributed by atoms with Crippen molar-refractivity contribution in [2.24, 2.45) is 0 Å². The maximum absolute atomic E-state index is 11.9. The quantitative estimate of drug-likeness (QED) is 0.571. The molecule has 7 nitrogen and oxygen atoms in total. The molecule has 0 fully saturated rings. The van der Waals surface area contributed by atoms with Gasteiger partial charge in [0, 0.05) is 19.3 Å². The van der Waals surface area contributed by atoms with Gasteiger partial charge in [-0.3, -0.25) is 9.20 Å². The summed E-state index contributed by atoms with van der Waals surface area (Å²) in [6, 6.07) is 5.41. The molecular formula is C13H18N4O3. The molecule has 0 radical (unpaired) electrons. The van der Waals surface area contributed by atoms with Crippen LogP contribution in [0.4, 0.5) is 0 Å². The van der Waals surface area contributed by atoms with E-state index in [1.54, 1.807) is 25.3 Å². The second kappa shape index (κ2) is 6.85. The Labute approximate surface area is 116 Å². The van der Waals surface area contributed by atoms with Crippen molar-refractivity contribution in [1.29, 1.82) is 0 Å². The van der Waals surface area contributed by atoms with Gasteiger partial charge in [0.05, 0.1) is 19.6 Å². The van der Waals surface area contributed by atoms with Gasteiger partial charge in [0.25, 0.3) is 0 Å². The Hall–Kier alpha value is -2.15. The first-order chi connectivity index (χ1) is 9.72. The molecule has 0 atom stereocenters. The fraction of sp³-hybridized carbons (Fsp3) is 0.462. The molecule has 0 bridgehead atoms. The standard InChI is InChI=1S/C13H18N4O3/c1-2-20-12(18)6-7-14-8-10-17-13(19)16-9-4-3-5-11(16)15-17/h3-5,9,14H,2,6-8,10H2,1H3. The Kier molecular flexibility index (Phi) is 4.89. The van der Waals surface area contributed by atoms with Crippen molar-refractivity contribution >= 4 is 11.6 Å². The number of esters is 1. The first-order valence-electron chi connectivity index (χ1n) is 6.63. The molecule has 20 heavy (non-hydrogen) atoms. The Balaban J connectivity index is 1.80. The molecule has 0 aromatic carbocycles. The van der Waals surface area contributed by atoms with Crippen LogP contribution in [0.1, 0.15) is 13.3 Å². The highest BCUT2D eigenvalue weighted by Gasteiger charge is 2.05. The molecule has 0 amide bonds. The summed E-state index contributed by atoms with van der Waals surface area (Å²) in [6.07, 6.45) is 2.02. The zero-order valence-corrected chi connectivity index (χ0v) is 11.4. The van der Waals surface area contributed by atoms with Crippen LogP contribution in [0.15, 0.2) is 29.2 Å². The van der Waals surface area contributed by atoms with Gasteiger partial charge >= 0.3 is 11.7 Å². The largest absolute Gasteiger partial charge is 0.466 e. The SMILES string of the molecule is CCOC(=O)CCNCCn1nc2ccccn2c1=O. The summed E-state index contributed by atoms with van der Waals surface area (Å²) in [5.41, 5.74) is 0.469. The highest BCUT2D eigenvalue weighted by atomic mass is 16.5. The first-order valence-corrected chi connectivity index (χ1v) is 6.63. The molecule has 0 aliphatic carbocycles. The number of hydrogen-bond donors (Lipinski definition) is 1. The summed E-state index contributed by atoms with van der Waals surface area (Å²) in [4.78, 5) is 23.1. The van der Waals surface area contributed by atoms with Crippen LogP contribution in [0, 0.1) is 0 Å². The lowest BCUT2D eigenvalue weighted by atomic mass is 10.4. The molecule has 2 rings (SSSR count). The zero-order valence-electron chi connectivity index (χ0n) is 11.4. The predicted molar refractivity (Wildman–Crippen MR) is 73.6 cm³/mol. The van der Waals surface area contributed by atoms with E-state index in [9.17, 15) is 9.59 Å². The molecule has 0 saturated heterocycles. The zero-order chi connectivity index (χ0) is 14.4. The van der Waals surface area contributed by atoms with Gasteiger partial charge in [-0.1, -0.05) is 6.07 Å². The van der Waals surface area contributed by atoms with Crippen LogP contribution in [0.25, 0.3) is 5.65 Å². The third-order valence-electron chi connectivity index (χ3n) is 2.80. The Morgan fingerprint density at radius 1 is 1.40 bits per heavy atom. The molecule has 0 unspecified atom stereocenters. The van der Waals surface area contributed by atoms with Gasteiger partial charge in [-0.05, 0) is 19.1 Å². The lowest BCUT2D eigenvalue weighted by Crippen LogP contribution is -2.28. The van der Waals surface area contributed by atoms with Gasteiger partial charge in [0.1, 0.15) is 0 Å². The molecule has 0 spiro atoms. The predicted octanol–water partition coefficient (Wildman–Crippen LogP) is 0.0388. The van der Waals surface area contributed by atoms with E-state index in [1.165, 1.54) is 9.08 Å². The Bertz CT molecular complexity index is 632. The van der Waals surface area contributed by atoms with Crippen LogP contribution >= 0.6 is 0 Å². The third kappa shape index (κ3) is 3.45. The Morgan fingerprint density at radius 2 is 2.25 bits per heavy atom. The number of fused-ring (bicyclic) bond motifs is 1. The number of hydrogen-bond acceptors (Lipinski definition) is 5. The number of carbonyl (C=O) groups is 1. The van der Waals surface area contributed by atoms with Crippen molar-refractivity contribution in [3.05, 3.63) is 34.9 Å². The van der Waals surface area contributed by atoms with Crippen LogP contribution < -0.4 is 11.0 Å². The van der Waals surface area contributed by atoms with Crippen LogP contribution in [-0.4, -0.2) is 39.8 Å². The van der Waals surface area contributed by atoms with Gasteiger partial charge in [0.15, 0.2) is 5.65 Å². The van der Waals surface area contributed by atoms with Crippen LogP contribution in [0.2, 0.25) is 0 Å². The van der Waals surface area contributed by atoms with E-state index in [2.05, 4.69) is 10.4 Å². The van der Waals surface area contributed by atoms with E-state index in [0.717, 1.165) is 0 Å².